The number of nitrogens with zero attached hydrogens (tertiary/aromatic N) is 3. The maximum Gasteiger partial charge on any atom is 0.273 e. The van der Waals surface area contributed by atoms with E-state index < -0.39 is 0 Å². The Hall–Kier alpha value is -2.75. The molecule has 22 heavy (non-hydrogen) atoms. The lowest BCUT2D eigenvalue weighted by Crippen LogP contribution is -2.30. The van der Waals surface area contributed by atoms with E-state index in [9.17, 15) is 4.79 Å². The van der Waals surface area contributed by atoms with Gasteiger partial charge in [0, 0.05) is 24.8 Å². The number of benzene rings is 1. The molecule has 3 aromatic rings. The van der Waals surface area contributed by atoms with E-state index in [1.54, 1.807) is 24.3 Å². The molecule has 110 valence electrons. The summed E-state index contributed by atoms with van der Waals surface area (Å²) >= 11 is 0. The third-order valence-corrected chi connectivity index (χ3v) is 3.89. The maximum absolute atomic E-state index is 12.8. The van der Waals surface area contributed by atoms with E-state index in [4.69, 9.17) is 0 Å². The van der Waals surface area contributed by atoms with Crippen molar-refractivity contribution in [2.75, 3.05) is 7.05 Å². The van der Waals surface area contributed by atoms with E-state index in [0.717, 1.165) is 16.5 Å². The number of pyridine rings is 2. The van der Waals surface area contributed by atoms with E-state index in [1.165, 1.54) is 0 Å². The molecule has 0 saturated heterocycles. The van der Waals surface area contributed by atoms with Crippen molar-refractivity contribution in [3.8, 4) is 0 Å². The number of carbonyl (C=O) groups is 1. The second kappa shape index (κ2) is 5.93. The van der Waals surface area contributed by atoms with Crippen molar-refractivity contribution in [1.82, 2.24) is 14.9 Å². The summed E-state index contributed by atoms with van der Waals surface area (Å²) in [6.07, 6.45) is 3.41. The summed E-state index contributed by atoms with van der Waals surface area (Å²) in [5, 5.41) is 1.88. The Morgan fingerprint density at radius 1 is 1.00 bits per heavy atom. The molecular weight excluding hydrogens is 274 g/mol. The number of carbonyl (C=O) groups excluding carboxylic acids is 1. The fourth-order valence-corrected chi connectivity index (χ4v) is 2.45. The van der Waals surface area contributed by atoms with Gasteiger partial charge in [-0.05, 0) is 30.5 Å². The van der Waals surface area contributed by atoms with Gasteiger partial charge in [0.25, 0.3) is 5.91 Å². The first-order valence-electron chi connectivity index (χ1n) is 7.20. The van der Waals surface area contributed by atoms with Crippen LogP contribution in [0, 0.1) is 0 Å². The molecule has 4 heteroatoms. The molecule has 2 aromatic heterocycles. The predicted molar refractivity (Wildman–Crippen MR) is 86.5 cm³/mol. The van der Waals surface area contributed by atoms with Gasteiger partial charge in [-0.2, -0.15) is 0 Å². The summed E-state index contributed by atoms with van der Waals surface area (Å²) in [4.78, 5) is 23.1. The smallest absolute Gasteiger partial charge is 0.273 e. The summed E-state index contributed by atoms with van der Waals surface area (Å²) in [5.74, 6) is -0.102. The Labute approximate surface area is 129 Å². The van der Waals surface area contributed by atoms with E-state index in [0.29, 0.717) is 5.69 Å². The highest BCUT2D eigenvalue weighted by molar-refractivity contribution is 6.05. The number of rotatable bonds is 3. The molecule has 1 amide bonds. The summed E-state index contributed by atoms with van der Waals surface area (Å²) in [6.45, 7) is 1.96. The topological polar surface area (TPSA) is 46.1 Å². The summed E-state index contributed by atoms with van der Waals surface area (Å²) < 4.78 is 0. The standard InChI is InChI=1S/C18H17N3O/c1-13(16-9-5-6-11-19-16)21(2)18(22)17-15-8-4-3-7-14(15)10-12-20-17/h3-13H,1-2H3. The first kappa shape index (κ1) is 14.2. The van der Waals surface area contributed by atoms with Crippen molar-refractivity contribution in [2.24, 2.45) is 0 Å². The Bertz CT molecular complexity index is 796. The number of amides is 1. The Morgan fingerprint density at radius 2 is 1.77 bits per heavy atom. The van der Waals surface area contributed by atoms with Crippen molar-refractivity contribution in [3.05, 3.63) is 72.3 Å². The molecule has 1 unspecified atom stereocenters. The molecule has 1 atom stereocenters. The van der Waals surface area contributed by atoms with Crippen LogP contribution in [0.15, 0.2) is 60.9 Å². The zero-order chi connectivity index (χ0) is 15.5. The van der Waals surface area contributed by atoms with E-state index in [1.807, 2.05) is 55.5 Å². The number of aromatic nitrogens is 2. The van der Waals surface area contributed by atoms with E-state index in [-0.39, 0.29) is 11.9 Å². The minimum absolute atomic E-state index is 0.102. The lowest BCUT2D eigenvalue weighted by Gasteiger charge is -2.24. The summed E-state index contributed by atoms with van der Waals surface area (Å²) in [7, 11) is 1.78. The van der Waals surface area contributed by atoms with Crippen LogP contribution < -0.4 is 0 Å². The van der Waals surface area contributed by atoms with Gasteiger partial charge in [0.1, 0.15) is 5.69 Å². The molecule has 0 saturated carbocycles. The third-order valence-electron chi connectivity index (χ3n) is 3.89. The fourth-order valence-electron chi connectivity index (χ4n) is 2.45. The fraction of sp³-hybridized carbons (Fsp3) is 0.167. The van der Waals surface area contributed by atoms with E-state index in [2.05, 4.69) is 9.97 Å². The van der Waals surface area contributed by atoms with Crippen LogP contribution in [0.1, 0.15) is 29.1 Å². The minimum atomic E-state index is -0.116. The van der Waals surface area contributed by atoms with Gasteiger partial charge in [-0.1, -0.05) is 30.3 Å². The van der Waals surface area contributed by atoms with Crippen LogP contribution in [0.25, 0.3) is 10.8 Å². The number of hydrogen-bond donors (Lipinski definition) is 0. The van der Waals surface area contributed by atoms with E-state index >= 15 is 0 Å². The molecular formula is C18H17N3O. The zero-order valence-electron chi connectivity index (χ0n) is 12.6. The van der Waals surface area contributed by atoms with Crippen molar-refractivity contribution in [3.63, 3.8) is 0 Å². The highest BCUT2D eigenvalue weighted by atomic mass is 16.2. The Morgan fingerprint density at radius 3 is 2.55 bits per heavy atom. The lowest BCUT2D eigenvalue weighted by molar-refractivity contribution is 0.0736. The average Bonchev–Trinajstić information content (AvgIpc) is 2.60. The van der Waals surface area contributed by atoms with Crippen LogP contribution in [0.2, 0.25) is 0 Å². The van der Waals surface area contributed by atoms with Gasteiger partial charge in [0.15, 0.2) is 0 Å². The van der Waals surface area contributed by atoms with Gasteiger partial charge in [0.2, 0.25) is 0 Å². The first-order chi connectivity index (χ1) is 10.7. The highest BCUT2D eigenvalue weighted by Gasteiger charge is 2.22. The molecule has 0 aliphatic carbocycles. The molecule has 0 bridgehead atoms. The van der Waals surface area contributed by atoms with Crippen LogP contribution in [-0.2, 0) is 0 Å². The molecule has 0 aliphatic rings. The predicted octanol–water partition coefficient (Wildman–Crippen LogP) is 3.46. The average molecular weight is 291 g/mol. The monoisotopic (exact) mass is 291 g/mol. The third kappa shape index (κ3) is 2.55. The molecule has 4 nitrogen and oxygen atoms in total. The van der Waals surface area contributed by atoms with Crippen molar-refractivity contribution in [1.29, 1.82) is 0 Å². The van der Waals surface area contributed by atoms with Crippen LogP contribution in [0.4, 0.5) is 0 Å². The van der Waals surface area contributed by atoms with Gasteiger partial charge in [0.05, 0.1) is 11.7 Å². The summed E-state index contributed by atoms with van der Waals surface area (Å²) in [6, 6.07) is 15.3. The molecule has 1 aromatic carbocycles. The normalized spacial score (nSPS) is 12.1. The molecule has 2 heterocycles. The van der Waals surface area contributed by atoms with Gasteiger partial charge in [-0.15, -0.1) is 0 Å². The Kier molecular flexibility index (Phi) is 3.83. The SMILES string of the molecule is CC(c1ccccn1)N(C)C(=O)c1nccc2ccccc12. The molecule has 0 fully saturated rings. The second-order valence-electron chi connectivity index (χ2n) is 5.23. The van der Waals surface area contributed by atoms with Gasteiger partial charge in [-0.3, -0.25) is 14.8 Å². The second-order valence-corrected chi connectivity index (χ2v) is 5.23. The van der Waals surface area contributed by atoms with Gasteiger partial charge < -0.3 is 4.90 Å². The quantitative estimate of drug-likeness (QED) is 0.742. The Balaban J connectivity index is 1.96. The molecule has 3 rings (SSSR count). The maximum atomic E-state index is 12.8. The molecule has 0 radical (unpaired) electrons. The van der Waals surface area contributed by atoms with Crippen LogP contribution >= 0.6 is 0 Å². The van der Waals surface area contributed by atoms with Gasteiger partial charge >= 0.3 is 0 Å². The van der Waals surface area contributed by atoms with Crippen LogP contribution in [-0.4, -0.2) is 27.8 Å². The zero-order valence-corrected chi connectivity index (χ0v) is 12.6. The number of hydrogen-bond acceptors (Lipinski definition) is 3. The van der Waals surface area contributed by atoms with Crippen molar-refractivity contribution >= 4 is 16.7 Å². The summed E-state index contributed by atoms with van der Waals surface area (Å²) in [5.41, 5.74) is 1.34. The molecule has 0 spiro atoms. The lowest BCUT2D eigenvalue weighted by atomic mass is 10.1. The minimum Gasteiger partial charge on any atom is -0.332 e. The highest BCUT2D eigenvalue weighted by Crippen LogP contribution is 2.22. The van der Waals surface area contributed by atoms with Crippen molar-refractivity contribution < 1.29 is 4.79 Å². The van der Waals surface area contributed by atoms with Crippen molar-refractivity contribution in [2.45, 2.75) is 13.0 Å². The van der Waals surface area contributed by atoms with Crippen LogP contribution in [0.3, 0.4) is 0 Å². The molecule has 0 N–H and O–H groups in total. The largest absolute Gasteiger partial charge is 0.332 e. The molecule has 0 aliphatic heterocycles. The van der Waals surface area contributed by atoms with Gasteiger partial charge in [-0.25, -0.2) is 0 Å². The first-order valence-corrected chi connectivity index (χ1v) is 7.20. The van der Waals surface area contributed by atoms with Crippen LogP contribution in [0.5, 0.6) is 0 Å². The number of fused-ring (bicyclic) bond motifs is 1.